The van der Waals surface area contributed by atoms with Crippen molar-refractivity contribution in [3.05, 3.63) is 93.0 Å². The van der Waals surface area contributed by atoms with E-state index in [1.54, 1.807) is 6.07 Å². The molecule has 1 aliphatic rings. The lowest BCUT2D eigenvalue weighted by atomic mass is 9.93. The molecule has 4 rings (SSSR count). The van der Waals surface area contributed by atoms with Crippen LogP contribution in [0.4, 0.5) is 0 Å². The highest BCUT2D eigenvalue weighted by molar-refractivity contribution is 7.53. The van der Waals surface area contributed by atoms with Crippen LogP contribution in [0.5, 0.6) is 11.5 Å². The third-order valence-electron chi connectivity index (χ3n) is 6.57. The van der Waals surface area contributed by atoms with Gasteiger partial charge in [0.2, 0.25) is 0 Å². The van der Waals surface area contributed by atoms with Crippen LogP contribution in [-0.4, -0.2) is 18.9 Å². The van der Waals surface area contributed by atoms with Crippen molar-refractivity contribution in [2.24, 2.45) is 0 Å². The highest BCUT2D eigenvalue weighted by atomic mass is 35.5. The molecule has 2 atom stereocenters. The second-order valence-electron chi connectivity index (χ2n) is 9.99. The van der Waals surface area contributed by atoms with E-state index in [0.29, 0.717) is 29.5 Å². The van der Waals surface area contributed by atoms with Crippen LogP contribution in [0.3, 0.4) is 0 Å². The highest BCUT2D eigenvalue weighted by Gasteiger charge is 2.35. The molecule has 1 fully saturated rings. The van der Waals surface area contributed by atoms with Crippen molar-refractivity contribution in [3.63, 3.8) is 0 Å². The van der Waals surface area contributed by atoms with E-state index in [1.807, 2.05) is 56.3 Å². The number of hydrogen-bond donors (Lipinski definition) is 0. The second kappa shape index (κ2) is 12.0. The summed E-state index contributed by atoms with van der Waals surface area (Å²) in [6.45, 7) is 9.97. The molecule has 1 saturated heterocycles. The number of aryl methyl sites for hydroxylation is 2. The van der Waals surface area contributed by atoms with E-state index in [9.17, 15) is 9.36 Å². The Hall–Kier alpha value is -2.63. The fourth-order valence-corrected chi connectivity index (χ4v) is 6.36. The third-order valence-corrected chi connectivity index (χ3v) is 8.40. The van der Waals surface area contributed by atoms with Crippen LogP contribution in [0.25, 0.3) is 0 Å². The van der Waals surface area contributed by atoms with E-state index in [1.165, 1.54) is 12.5 Å². The number of benzene rings is 3. The lowest BCUT2D eigenvalue weighted by Gasteiger charge is -2.30. The van der Waals surface area contributed by atoms with Crippen molar-refractivity contribution >= 4 is 25.2 Å². The SMILES string of the molecule is CC(=O)Oc1ccc(Cc2c(C)cc(OC[P@@]3(=O)OCC[C@@H](c4cccc(Cl)c4)O3)cc2C)cc1C(C)C. The molecule has 38 heavy (non-hydrogen) atoms. The van der Waals surface area contributed by atoms with E-state index in [2.05, 4.69) is 19.9 Å². The number of carbonyl (C=O) groups excluding carboxylic acids is 1. The molecule has 1 aliphatic heterocycles. The first kappa shape index (κ1) is 28.4. The predicted octanol–water partition coefficient (Wildman–Crippen LogP) is 8.30. The van der Waals surface area contributed by atoms with Gasteiger partial charge < -0.3 is 14.0 Å². The van der Waals surface area contributed by atoms with Crippen LogP contribution in [-0.2, 0) is 24.8 Å². The molecule has 0 unspecified atom stereocenters. The number of hydrogen-bond acceptors (Lipinski definition) is 6. The van der Waals surface area contributed by atoms with Gasteiger partial charge in [-0.15, -0.1) is 0 Å². The van der Waals surface area contributed by atoms with Gasteiger partial charge in [0.25, 0.3) is 0 Å². The summed E-state index contributed by atoms with van der Waals surface area (Å²) in [7, 11) is -3.44. The Bertz CT molecular complexity index is 1350. The van der Waals surface area contributed by atoms with Crippen LogP contribution < -0.4 is 9.47 Å². The van der Waals surface area contributed by atoms with Gasteiger partial charge in [-0.3, -0.25) is 13.9 Å². The first-order chi connectivity index (χ1) is 18.0. The summed E-state index contributed by atoms with van der Waals surface area (Å²) in [6.07, 6.45) is 0.796. The molecule has 0 aromatic heterocycles. The number of esters is 1. The molecule has 0 amide bonds. The molecule has 0 aliphatic carbocycles. The van der Waals surface area contributed by atoms with Gasteiger partial charge in [0.1, 0.15) is 11.5 Å². The minimum absolute atomic E-state index is 0.169. The van der Waals surface area contributed by atoms with E-state index in [4.69, 9.17) is 30.1 Å². The predicted molar refractivity (Wildman–Crippen MR) is 150 cm³/mol. The van der Waals surface area contributed by atoms with E-state index < -0.39 is 7.60 Å². The fourth-order valence-electron chi connectivity index (χ4n) is 4.66. The molecule has 0 radical (unpaired) electrons. The van der Waals surface area contributed by atoms with Gasteiger partial charge in [-0.05, 0) is 89.9 Å². The summed E-state index contributed by atoms with van der Waals surface area (Å²) in [4.78, 5) is 11.5. The number of carbonyl (C=O) groups is 1. The van der Waals surface area contributed by atoms with Gasteiger partial charge in [0, 0.05) is 18.4 Å². The molecule has 0 N–H and O–H groups in total. The summed E-state index contributed by atoms with van der Waals surface area (Å²) in [5.41, 5.74) is 6.32. The topological polar surface area (TPSA) is 71.1 Å². The molecule has 1 heterocycles. The molecular formula is C30H34ClO6P. The maximum Gasteiger partial charge on any atom is 0.368 e. The van der Waals surface area contributed by atoms with Crippen LogP contribution in [0.1, 0.15) is 72.6 Å². The normalized spacial score (nSPS) is 19.4. The van der Waals surface area contributed by atoms with Gasteiger partial charge >= 0.3 is 13.6 Å². The lowest BCUT2D eigenvalue weighted by Crippen LogP contribution is -2.17. The van der Waals surface area contributed by atoms with Crippen molar-refractivity contribution < 1.29 is 27.9 Å². The average Bonchev–Trinajstić information content (AvgIpc) is 2.85. The van der Waals surface area contributed by atoms with Crippen molar-refractivity contribution in [1.29, 1.82) is 0 Å². The molecule has 0 bridgehead atoms. The molecular weight excluding hydrogens is 523 g/mol. The van der Waals surface area contributed by atoms with E-state index >= 15 is 0 Å². The Labute approximate surface area is 229 Å². The Morgan fingerprint density at radius 2 is 1.84 bits per heavy atom. The molecule has 0 saturated carbocycles. The van der Waals surface area contributed by atoms with Gasteiger partial charge in [0.05, 0.1) is 12.7 Å². The first-order valence-electron chi connectivity index (χ1n) is 12.7. The van der Waals surface area contributed by atoms with E-state index in [0.717, 1.165) is 34.2 Å². The van der Waals surface area contributed by atoms with Crippen LogP contribution in [0.2, 0.25) is 5.02 Å². The number of ether oxygens (including phenoxy) is 2. The maximum absolute atomic E-state index is 13.3. The largest absolute Gasteiger partial charge is 0.481 e. The molecule has 3 aromatic rings. The molecule has 6 nitrogen and oxygen atoms in total. The Morgan fingerprint density at radius 3 is 2.50 bits per heavy atom. The smallest absolute Gasteiger partial charge is 0.368 e. The zero-order chi connectivity index (χ0) is 27.4. The molecule has 0 spiro atoms. The standard InChI is InChI=1S/C30H34ClO6P/c1-19(2)27-15-23(9-10-30(27)36-22(5)32)16-28-20(3)13-26(14-21(28)4)34-18-38(33)35-12-11-29(37-38)24-7-6-8-25(31)17-24/h6-10,13-15,17,19,29H,11-12,16,18H2,1-5H3/t29-,38+/m0/s1. The zero-order valence-electron chi connectivity index (χ0n) is 22.5. The van der Waals surface area contributed by atoms with Gasteiger partial charge in [0.15, 0.2) is 6.35 Å². The fraction of sp³-hybridized carbons (Fsp3) is 0.367. The Morgan fingerprint density at radius 1 is 1.11 bits per heavy atom. The van der Waals surface area contributed by atoms with Crippen molar-refractivity contribution in [3.8, 4) is 11.5 Å². The summed E-state index contributed by atoms with van der Waals surface area (Å²) in [6, 6.07) is 17.2. The third kappa shape index (κ3) is 7.06. The Balaban J connectivity index is 1.46. The average molecular weight is 557 g/mol. The quantitative estimate of drug-likeness (QED) is 0.158. The Kier molecular flexibility index (Phi) is 9.00. The molecule has 3 aromatic carbocycles. The summed E-state index contributed by atoms with van der Waals surface area (Å²) < 4.78 is 36.1. The van der Waals surface area contributed by atoms with Gasteiger partial charge in [-0.25, -0.2) is 0 Å². The summed E-state index contributed by atoms with van der Waals surface area (Å²) in [5, 5.41) is 0.607. The van der Waals surface area contributed by atoms with Crippen molar-refractivity contribution in [2.75, 3.05) is 13.0 Å². The first-order valence-corrected chi connectivity index (χ1v) is 14.8. The summed E-state index contributed by atoms with van der Waals surface area (Å²) in [5.74, 6) is 1.11. The molecule has 8 heteroatoms. The monoisotopic (exact) mass is 556 g/mol. The van der Waals surface area contributed by atoms with Crippen molar-refractivity contribution in [2.45, 2.75) is 59.5 Å². The summed E-state index contributed by atoms with van der Waals surface area (Å²) >= 11 is 6.12. The minimum atomic E-state index is -3.44. The van der Waals surface area contributed by atoms with Crippen LogP contribution in [0.15, 0.2) is 54.6 Å². The second-order valence-corrected chi connectivity index (χ2v) is 12.4. The number of rotatable bonds is 8. The minimum Gasteiger partial charge on any atom is -0.481 e. The van der Waals surface area contributed by atoms with E-state index in [-0.39, 0.29) is 24.3 Å². The molecule has 202 valence electrons. The van der Waals surface area contributed by atoms with Gasteiger partial charge in [-0.2, -0.15) is 0 Å². The maximum atomic E-state index is 13.3. The van der Waals surface area contributed by atoms with Crippen molar-refractivity contribution in [1.82, 2.24) is 0 Å². The highest BCUT2D eigenvalue weighted by Crippen LogP contribution is 2.56. The zero-order valence-corrected chi connectivity index (χ0v) is 24.1. The lowest BCUT2D eigenvalue weighted by molar-refractivity contribution is -0.131. The van der Waals surface area contributed by atoms with Crippen LogP contribution >= 0.6 is 19.2 Å². The van der Waals surface area contributed by atoms with Gasteiger partial charge in [-0.1, -0.05) is 49.7 Å². The number of halogens is 1. The van der Waals surface area contributed by atoms with Crippen LogP contribution in [0, 0.1) is 13.8 Å².